The van der Waals surface area contributed by atoms with Crippen molar-refractivity contribution in [3.63, 3.8) is 0 Å². The largest absolute Gasteiger partial charge is 0.493 e. The molecule has 2 rings (SSSR count). The Morgan fingerprint density at radius 2 is 2.04 bits per heavy atom. The first kappa shape index (κ1) is 19.4. The van der Waals surface area contributed by atoms with Crippen LogP contribution in [0.5, 0.6) is 11.5 Å². The van der Waals surface area contributed by atoms with Gasteiger partial charge in [-0.1, -0.05) is 0 Å². The fourth-order valence-electron chi connectivity index (χ4n) is 2.06. The predicted octanol–water partition coefficient (Wildman–Crippen LogP) is 3.53. The third kappa shape index (κ3) is 4.79. The van der Waals surface area contributed by atoms with E-state index in [0.29, 0.717) is 28.1 Å². The summed E-state index contributed by atoms with van der Waals surface area (Å²) in [6.07, 6.45) is 1.45. The summed E-state index contributed by atoms with van der Waals surface area (Å²) in [5.41, 5.74) is 3.22. The van der Waals surface area contributed by atoms with Crippen LogP contribution in [-0.2, 0) is 0 Å². The van der Waals surface area contributed by atoms with Crippen molar-refractivity contribution in [2.24, 2.45) is 5.10 Å². The molecule has 0 heterocycles. The predicted molar refractivity (Wildman–Crippen MR) is 100 cm³/mol. The van der Waals surface area contributed by atoms with Crippen molar-refractivity contribution in [1.82, 2.24) is 5.43 Å². The van der Waals surface area contributed by atoms with Gasteiger partial charge in [0.1, 0.15) is 0 Å². The number of methoxy groups -OCH3 is 1. The summed E-state index contributed by atoms with van der Waals surface area (Å²) in [6, 6.07) is 8.73. The van der Waals surface area contributed by atoms with Crippen LogP contribution in [0.25, 0.3) is 0 Å². The number of carbonyl (C=O) groups is 1. The van der Waals surface area contributed by atoms with Crippen LogP contribution in [0.3, 0.4) is 0 Å². The first-order valence-corrected chi connectivity index (χ1v) is 8.33. The molecule has 0 aromatic heterocycles. The quantitative estimate of drug-likeness (QED) is 0.418. The van der Waals surface area contributed by atoms with Crippen LogP contribution in [0.15, 0.2) is 46.0 Å². The molecule has 0 radical (unpaired) electrons. The zero-order chi connectivity index (χ0) is 19.1. The number of benzene rings is 2. The van der Waals surface area contributed by atoms with Gasteiger partial charge < -0.3 is 9.47 Å². The molecule has 0 aliphatic carbocycles. The summed E-state index contributed by atoms with van der Waals surface area (Å²) in [4.78, 5) is 22.1. The molecule has 9 heteroatoms. The molecule has 26 heavy (non-hydrogen) atoms. The first-order valence-electron chi connectivity index (χ1n) is 7.54. The van der Waals surface area contributed by atoms with Crippen molar-refractivity contribution in [2.45, 2.75) is 6.92 Å². The van der Waals surface area contributed by atoms with Crippen molar-refractivity contribution in [1.29, 1.82) is 0 Å². The number of ether oxygens (including phenoxy) is 2. The molecule has 2 aromatic rings. The summed E-state index contributed by atoms with van der Waals surface area (Å²) in [6.45, 7) is 2.36. The molecule has 0 atom stereocenters. The fraction of sp³-hybridized carbons (Fsp3) is 0.176. The molecule has 0 aliphatic heterocycles. The Labute approximate surface area is 158 Å². The number of carbonyl (C=O) groups excluding carboxylic acids is 1. The van der Waals surface area contributed by atoms with Gasteiger partial charge in [-0.15, -0.1) is 0 Å². The molecule has 1 amide bonds. The lowest BCUT2D eigenvalue weighted by Crippen LogP contribution is -2.17. The van der Waals surface area contributed by atoms with Gasteiger partial charge in [-0.25, -0.2) is 5.43 Å². The van der Waals surface area contributed by atoms with E-state index in [-0.39, 0.29) is 11.3 Å². The molecule has 136 valence electrons. The smallest absolute Gasteiger partial charge is 0.271 e. The Morgan fingerprint density at radius 1 is 1.35 bits per heavy atom. The molecular weight excluding hydrogens is 406 g/mol. The second-order valence-corrected chi connectivity index (χ2v) is 5.82. The maximum atomic E-state index is 12.0. The number of rotatable bonds is 7. The Bertz CT molecular complexity index is 837. The highest BCUT2D eigenvalue weighted by atomic mass is 79.9. The van der Waals surface area contributed by atoms with Crippen LogP contribution in [-0.4, -0.2) is 30.8 Å². The second-order valence-electron chi connectivity index (χ2n) is 4.97. The van der Waals surface area contributed by atoms with Gasteiger partial charge >= 0.3 is 0 Å². The van der Waals surface area contributed by atoms with Crippen molar-refractivity contribution < 1.29 is 19.2 Å². The van der Waals surface area contributed by atoms with E-state index in [4.69, 9.17) is 9.47 Å². The van der Waals surface area contributed by atoms with Gasteiger partial charge in [0.05, 0.1) is 29.3 Å². The molecule has 0 bridgehead atoms. The number of hydrogen-bond acceptors (Lipinski definition) is 6. The van der Waals surface area contributed by atoms with E-state index in [1.807, 2.05) is 6.92 Å². The summed E-state index contributed by atoms with van der Waals surface area (Å²) in [7, 11) is 1.53. The number of halogens is 1. The van der Waals surface area contributed by atoms with Gasteiger partial charge in [-0.2, -0.15) is 5.10 Å². The zero-order valence-corrected chi connectivity index (χ0v) is 15.6. The maximum absolute atomic E-state index is 12.0. The third-order valence-electron chi connectivity index (χ3n) is 3.26. The highest BCUT2D eigenvalue weighted by molar-refractivity contribution is 9.10. The number of nitro benzene ring substituents is 1. The van der Waals surface area contributed by atoms with Crippen LogP contribution in [0.1, 0.15) is 22.8 Å². The number of non-ortho nitro benzene ring substituents is 1. The zero-order valence-electron chi connectivity index (χ0n) is 14.1. The SMILES string of the molecule is CCOc1c(Br)cc(/C=N/NC(=O)c2ccc([N+](=O)[O-])cc2)cc1OC. The van der Waals surface area contributed by atoms with Gasteiger partial charge in [0, 0.05) is 17.7 Å². The Balaban J connectivity index is 2.08. The lowest BCUT2D eigenvalue weighted by molar-refractivity contribution is -0.384. The highest BCUT2D eigenvalue weighted by Gasteiger charge is 2.11. The number of nitrogens with one attached hydrogen (secondary N) is 1. The van der Waals surface area contributed by atoms with Crippen LogP contribution < -0.4 is 14.9 Å². The van der Waals surface area contributed by atoms with E-state index in [1.54, 1.807) is 12.1 Å². The topological polar surface area (TPSA) is 103 Å². The normalized spacial score (nSPS) is 10.6. The van der Waals surface area contributed by atoms with Crippen molar-refractivity contribution in [3.05, 3.63) is 62.1 Å². The number of nitro groups is 1. The summed E-state index contributed by atoms with van der Waals surface area (Å²) < 4.78 is 11.5. The molecule has 0 fully saturated rings. The van der Waals surface area contributed by atoms with Crippen LogP contribution in [0.2, 0.25) is 0 Å². The van der Waals surface area contributed by atoms with Crippen LogP contribution in [0.4, 0.5) is 5.69 Å². The van der Waals surface area contributed by atoms with E-state index >= 15 is 0 Å². The minimum absolute atomic E-state index is 0.0867. The van der Waals surface area contributed by atoms with E-state index < -0.39 is 10.8 Å². The summed E-state index contributed by atoms with van der Waals surface area (Å²) in [5.74, 6) is 0.638. The highest BCUT2D eigenvalue weighted by Crippen LogP contribution is 2.36. The number of amides is 1. The van der Waals surface area contributed by atoms with E-state index in [2.05, 4.69) is 26.5 Å². The Kier molecular flexibility index (Phi) is 6.67. The van der Waals surface area contributed by atoms with Crippen molar-refractivity contribution in [2.75, 3.05) is 13.7 Å². The van der Waals surface area contributed by atoms with Gasteiger partial charge in [-0.05, 0) is 52.7 Å². The molecule has 0 unspecified atom stereocenters. The van der Waals surface area contributed by atoms with E-state index in [9.17, 15) is 14.9 Å². The van der Waals surface area contributed by atoms with Crippen LogP contribution in [0, 0.1) is 10.1 Å². The second kappa shape index (κ2) is 8.95. The Morgan fingerprint density at radius 3 is 2.62 bits per heavy atom. The van der Waals surface area contributed by atoms with Gasteiger partial charge in [0.25, 0.3) is 11.6 Å². The van der Waals surface area contributed by atoms with Gasteiger partial charge in [0.15, 0.2) is 11.5 Å². The van der Waals surface area contributed by atoms with Gasteiger partial charge in [-0.3, -0.25) is 14.9 Å². The fourth-order valence-corrected chi connectivity index (χ4v) is 2.64. The summed E-state index contributed by atoms with van der Waals surface area (Å²) in [5, 5.41) is 14.5. The minimum atomic E-state index is -0.531. The number of hydrogen-bond donors (Lipinski definition) is 1. The van der Waals surface area contributed by atoms with Crippen LogP contribution >= 0.6 is 15.9 Å². The Hall–Kier alpha value is -2.94. The molecule has 0 saturated carbocycles. The first-order chi connectivity index (χ1) is 12.5. The number of nitrogens with zero attached hydrogens (tertiary/aromatic N) is 2. The molecule has 0 spiro atoms. The molecule has 2 aromatic carbocycles. The van der Waals surface area contributed by atoms with E-state index in [1.165, 1.54) is 37.6 Å². The van der Waals surface area contributed by atoms with E-state index in [0.717, 1.165) is 0 Å². The number of hydrazone groups is 1. The summed E-state index contributed by atoms with van der Waals surface area (Å²) >= 11 is 3.41. The molecule has 0 saturated heterocycles. The standard InChI is InChI=1S/C17H16BrN3O5/c1-3-26-16-14(18)8-11(9-15(16)25-2)10-19-20-17(22)12-4-6-13(7-5-12)21(23)24/h4-10H,3H2,1-2H3,(H,20,22)/b19-10+. The average molecular weight is 422 g/mol. The molecule has 0 aliphatic rings. The molecule has 8 nitrogen and oxygen atoms in total. The maximum Gasteiger partial charge on any atom is 0.271 e. The minimum Gasteiger partial charge on any atom is -0.493 e. The monoisotopic (exact) mass is 421 g/mol. The third-order valence-corrected chi connectivity index (χ3v) is 3.85. The average Bonchev–Trinajstić information content (AvgIpc) is 2.63. The van der Waals surface area contributed by atoms with Gasteiger partial charge in [0.2, 0.25) is 0 Å². The molecule has 1 N–H and O–H groups in total. The van der Waals surface area contributed by atoms with Crippen molar-refractivity contribution >= 4 is 33.7 Å². The van der Waals surface area contributed by atoms with Crippen molar-refractivity contribution in [3.8, 4) is 11.5 Å². The lowest BCUT2D eigenvalue weighted by atomic mass is 10.2. The molecular formula is C17H16BrN3O5. The lowest BCUT2D eigenvalue weighted by Gasteiger charge is -2.11.